The molecule has 2 aromatic heterocycles. The van der Waals surface area contributed by atoms with Crippen LogP contribution in [0.1, 0.15) is 57.1 Å². The molecule has 9 heteroatoms. The SMILES string of the molecule is Cc1ccc(C(=O)O)cc1-n1c(C)cc([C@H]2[C@@H](c3ccccn3)NC(=S)N2CCC(=O)Nc2ccccc2)c1C. The molecule has 0 spiro atoms. The van der Waals surface area contributed by atoms with Crippen LogP contribution in [-0.4, -0.2) is 43.1 Å². The summed E-state index contributed by atoms with van der Waals surface area (Å²) in [4.78, 5) is 31.2. The molecular weight excluding hydrogens is 522 g/mol. The molecule has 3 N–H and O–H groups in total. The van der Waals surface area contributed by atoms with Gasteiger partial charge in [0.25, 0.3) is 0 Å². The second-order valence-electron chi connectivity index (χ2n) is 9.95. The first-order chi connectivity index (χ1) is 19.2. The van der Waals surface area contributed by atoms with Crippen LogP contribution in [0.2, 0.25) is 0 Å². The molecule has 8 nitrogen and oxygen atoms in total. The number of amides is 1. The maximum absolute atomic E-state index is 12.8. The van der Waals surface area contributed by atoms with Crippen molar-refractivity contribution in [2.45, 2.75) is 39.3 Å². The average Bonchev–Trinajstić information content (AvgIpc) is 3.43. The topological polar surface area (TPSA) is 99.5 Å². The van der Waals surface area contributed by atoms with E-state index < -0.39 is 5.97 Å². The summed E-state index contributed by atoms with van der Waals surface area (Å²) in [6, 6.07) is 22.0. The van der Waals surface area contributed by atoms with Crippen molar-refractivity contribution in [1.29, 1.82) is 0 Å². The number of carbonyl (C=O) groups excluding carboxylic acids is 1. The number of thiocarbonyl (C=S) groups is 1. The average molecular weight is 554 g/mol. The number of aromatic carboxylic acids is 1. The Morgan fingerprint density at radius 2 is 1.77 bits per heavy atom. The van der Waals surface area contributed by atoms with Crippen LogP contribution in [0, 0.1) is 20.8 Å². The second-order valence-corrected chi connectivity index (χ2v) is 10.3. The molecule has 0 bridgehead atoms. The van der Waals surface area contributed by atoms with Crippen LogP contribution < -0.4 is 10.6 Å². The molecular formula is C31H31N5O3S. The van der Waals surface area contributed by atoms with Crippen molar-refractivity contribution in [3.05, 3.63) is 113 Å². The third-order valence-electron chi connectivity index (χ3n) is 7.32. The molecule has 40 heavy (non-hydrogen) atoms. The van der Waals surface area contributed by atoms with Crippen molar-refractivity contribution in [2.24, 2.45) is 0 Å². The van der Waals surface area contributed by atoms with E-state index in [0.717, 1.165) is 39.6 Å². The molecule has 1 amide bonds. The Kier molecular flexibility index (Phi) is 7.66. The number of rotatable bonds is 8. The van der Waals surface area contributed by atoms with Crippen molar-refractivity contribution in [3.8, 4) is 5.69 Å². The van der Waals surface area contributed by atoms with E-state index in [0.29, 0.717) is 11.7 Å². The van der Waals surface area contributed by atoms with Gasteiger partial charge in [-0.1, -0.05) is 30.3 Å². The summed E-state index contributed by atoms with van der Waals surface area (Å²) in [5.74, 6) is -1.06. The molecule has 1 saturated heterocycles. The quantitative estimate of drug-likeness (QED) is 0.248. The maximum atomic E-state index is 12.8. The highest BCUT2D eigenvalue weighted by molar-refractivity contribution is 7.80. The largest absolute Gasteiger partial charge is 0.478 e. The summed E-state index contributed by atoms with van der Waals surface area (Å²) in [6.07, 6.45) is 2.01. The summed E-state index contributed by atoms with van der Waals surface area (Å²) in [5.41, 5.74) is 6.59. The number of carboxylic acid groups (broad SMARTS) is 1. The van der Waals surface area contributed by atoms with E-state index in [9.17, 15) is 14.7 Å². The van der Waals surface area contributed by atoms with Crippen LogP contribution in [0.5, 0.6) is 0 Å². The lowest BCUT2D eigenvalue weighted by molar-refractivity contribution is -0.116. The zero-order valence-corrected chi connectivity index (χ0v) is 23.4. The predicted octanol–water partition coefficient (Wildman–Crippen LogP) is 5.50. The number of carbonyl (C=O) groups is 2. The summed E-state index contributed by atoms with van der Waals surface area (Å²) in [6.45, 7) is 6.43. The number of aromatic nitrogens is 2. The van der Waals surface area contributed by atoms with E-state index in [2.05, 4.69) is 31.2 Å². The first-order valence-corrected chi connectivity index (χ1v) is 13.5. The fourth-order valence-corrected chi connectivity index (χ4v) is 5.72. The highest BCUT2D eigenvalue weighted by atomic mass is 32.1. The van der Waals surface area contributed by atoms with Gasteiger partial charge in [-0.25, -0.2) is 4.79 Å². The Morgan fingerprint density at radius 3 is 2.48 bits per heavy atom. The highest BCUT2D eigenvalue weighted by Gasteiger charge is 2.41. The summed E-state index contributed by atoms with van der Waals surface area (Å²) in [5, 5.41) is 16.6. The van der Waals surface area contributed by atoms with Gasteiger partial charge in [0.05, 0.1) is 23.3 Å². The second kappa shape index (κ2) is 11.3. The number of anilines is 1. The fourth-order valence-electron chi connectivity index (χ4n) is 5.39. The standard InChI is InChI=1S/C31H31N5O3S/c1-19-12-13-22(30(38)39)18-26(19)36-20(2)17-24(21(36)3)29-28(25-11-7-8-15-32-25)34-31(40)35(29)16-14-27(37)33-23-9-5-4-6-10-23/h4-13,15,17-18,28-29H,14,16H2,1-3H3,(H,33,37)(H,34,40)(H,38,39)/t28-,29+/m1/s1. The Bertz CT molecular complexity index is 1570. The molecule has 1 aliphatic rings. The number of nitrogens with zero attached hydrogens (tertiary/aromatic N) is 3. The summed E-state index contributed by atoms with van der Waals surface area (Å²) < 4.78 is 2.09. The molecule has 0 radical (unpaired) electrons. The summed E-state index contributed by atoms with van der Waals surface area (Å²) in [7, 11) is 0. The minimum absolute atomic E-state index is 0.0966. The highest BCUT2D eigenvalue weighted by Crippen LogP contribution is 2.41. The molecule has 204 valence electrons. The normalized spacial score (nSPS) is 16.6. The van der Waals surface area contributed by atoms with Crippen LogP contribution in [0.15, 0.2) is 79.0 Å². The van der Waals surface area contributed by atoms with Gasteiger partial charge in [-0.3, -0.25) is 9.78 Å². The molecule has 4 aromatic rings. The van der Waals surface area contributed by atoms with Crippen molar-refractivity contribution in [2.75, 3.05) is 11.9 Å². The first kappa shape index (κ1) is 27.1. The Labute approximate surface area is 238 Å². The van der Waals surface area contributed by atoms with Gasteiger partial charge in [-0.15, -0.1) is 0 Å². The number of carboxylic acids is 1. The van der Waals surface area contributed by atoms with Gasteiger partial charge in [0.15, 0.2) is 5.11 Å². The minimum Gasteiger partial charge on any atom is -0.478 e. The van der Waals surface area contributed by atoms with E-state index in [1.807, 2.05) is 75.4 Å². The molecule has 5 rings (SSSR count). The van der Waals surface area contributed by atoms with Crippen molar-refractivity contribution in [3.63, 3.8) is 0 Å². The van der Waals surface area contributed by atoms with Crippen LogP contribution in [0.25, 0.3) is 5.69 Å². The molecule has 0 saturated carbocycles. The smallest absolute Gasteiger partial charge is 0.335 e. The Hall–Kier alpha value is -4.50. The lowest BCUT2D eigenvalue weighted by atomic mass is 9.96. The van der Waals surface area contributed by atoms with Crippen LogP contribution >= 0.6 is 12.2 Å². The Morgan fingerprint density at radius 1 is 1.02 bits per heavy atom. The summed E-state index contributed by atoms with van der Waals surface area (Å²) >= 11 is 5.80. The molecule has 0 aliphatic carbocycles. The molecule has 1 aliphatic heterocycles. The predicted molar refractivity (Wildman–Crippen MR) is 159 cm³/mol. The fraction of sp³-hybridized carbons (Fsp3) is 0.226. The molecule has 2 atom stereocenters. The zero-order valence-electron chi connectivity index (χ0n) is 22.6. The van der Waals surface area contributed by atoms with E-state index in [-0.39, 0.29) is 30.0 Å². The van der Waals surface area contributed by atoms with Gasteiger partial charge in [0, 0.05) is 41.9 Å². The third kappa shape index (κ3) is 5.33. The van der Waals surface area contributed by atoms with Crippen molar-refractivity contribution >= 4 is 34.9 Å². The minimum atomic E-state index is -0.968. The van der Waals surface area contributed by atoms with Crippen molar-refractivity contribution in [1.82, 2.24) is 19.8 Å². The Balaban J connectivity index is 1.52. The van der Waals surface area contributed by atoms with Gasteiger partial charge in [0.2, 0.25) is 5.91 Å². The molecule has 3 heterocycles. The van der Waals surface area contributed by atoms with Gasteiger partial charge in [-0.2, -0.15) is 0 Å². The maximum Gasteiger partial charge on any atom is 0.335 e. The van der Waals surface area contributed by atoms with Gasteiger partial charge in [0.1, 0.15) is 0 Å². The van der Waals surface area contributed by atoms with Crippen LogP contribution in [0.4, 0.5) is 5.69 Å². The number of para-hydroxylation sites is 1. The van der Waals surface area contributed by atoms with E-state index in [1.165, 1.54) is 0 Å². The van der Waals surface area contributed by atoms with Crippen LogP contribution in [-0.2, 0) is 4.79 Å². The van der Waals surface area contributed by atoms with E-state index >= 15 is 0 Å². The van der Waals surface area contributed by atoms with Gasteiger partial charge in [-0.05, 0) is 86.6 Å². The lowest BCUT2D eigenvalue weighted by Gasteiger charge is -2.28. The molecule has 2 aromatic carbocycles. The first-order valence-electron chi connectivity index (χ1n) is 13.1. The van der Waals surface area contributed by atoms with Crippen LogP contribution in [0.3, 0.4) is 0 Å². The number of aryl methyl sites for hydroxylation is 2. The number of benzene rings is 2. The monoisotopic (exact) mass is 553 g/mol. The van der Waals surface area contributed by atoms with Crippen molar-refractivity contribution < 1.29 is 14.7 Å². The number of pyridine rings is 1. The number of hydrogen-bond acceptors (Lipinski definition) is 4. The lowest BCUT2D eigenvalue weighted by Crippen LogP contribution is -2.32. The molecule has 0 unspecified atom stereocenters. The zero-order chi connectivity index (χ0) is 28.4. The number of nitrogens with one attached hydrogen (secondary N) is 2. The third-order valence-corrected chi connectivity index (χ3v) is 7.67. The molecule has 1 fully saturated rings. The van der Waals surface area contributed by atoms with Gasteiger partial charge >= 0.3 is 5.97 Å². The van der Waals surface area contributed by atoms with E-state index in [1.54, 1.807) is 18.3 Å². The van der Waals surface area contributed by atoms with Gasteiger partial charge < -0.3 is 25.2 Å². The number of hydrogen-bond donors (Lipinski definition) is 3. The van der Waals surface area contributed by atoms with E-state index in [4.69, 9.17) is 12.2 Å².